The fourth-order valence-corrected chi connectivity index (χ4v) is 4.79. The summed E-state index contributed by atoms with van der Waals surface area (Å²) in [4.78, 5) is 0. The molecule has 0 saturated heterocycles. The van der Waals surface area contributed by atoms with Crippen LogP contribution in [0.25, 0.3) is 22.5 Å². The van der Waals surface area contributed by atoms with Crippen LogP contribution in [0.3, 0.4) is 0 Å². The Bertz CT molecular complexity index is 1180. The Balaban J connectivity index is 0.00000272. The van der Waals surface area contributed by atoms with E-state index in [1.165, 1.54) is 50.3 Å². The lowest BCUT2D eigenvalue weighted by Gasteiger charge is -2.16. The van der Waals surface area contributed by atoms with E-state index in [1.54, 1.807) is 0 Å². The highest BCUT2D eigenvalue weighted by molar-refractivity contribution is 5.71. The van der Waals surface area contributed by atoms with E-state index in [4.69, 9.17) is 0 Å². The molecule has 31 heavy (non-hydrogen) atoms. The number of aromatic nitrogens is 2. The topological polar surface area (TPSA) is 8.29 Å². The molecule has 0 amide bonds. The monoisotopic (exact) mass is 432 g/mol. The molecule has 162 valence electrons. The molecule has 0 unspecified atom stereocenters. The van der Waals surface area contributed by atoms with Gasteiger partial charge >= 0.3 is 0 Å². The predicted molar refractivity (Wildman–Crippen MR) is 127 cm³/mol. The fourth-order valence-electron chi connectivity index (χ4n) is 4.79. The van der Waals surface area contributed by atoms with Gasteiger partial charge in [0.2, 0.25) is 0 Å². The van der Waals surface area contributed by atoms with Crippen molar-refractivity contribution in [1.82, 2.24) is 4.40 Å². The molecule has 0 aliphatic heterocycles. The molecule has 4 aromatic rings. The average Bonchev–Trinajstić information content (AvgIpc) is 3.11. The van der Waals surface area contributed by atoms with Gasteiger partial charge in [0.25, 0.3) is 6.33 Å². The highest BCUT2D eigenvalue weighted by atomic mass is 35.5. The predicted octanol–water partition coefficient (Wildman–Crippen LogP) is 4.06. The number of halogens is 1. The van der Waals surface area contributed by atoms with Crippen molar-refractivity contribution in [3.8, 4) is 16.9 Å². The van der Waals surface area contributed by atoms with Crippen molar-refractivity contribution in [2.75, 3.05) is 0 Å². The first kappa shape index (κ1) is 23.1. The van der Waals surface area contributed by atoms with E-state index in [0.717, 1.165) is 0 Å². The van der Waals surface area contributed by atoms with E-state index in [9.17, 15) is 0 Å². The first-order valence-electron chi connectivity index (χ1n) is 11.0. The van der Waals surface area contributed by atoms with Crippen LogP contribution in [0.15, 0.2) is 61.1 Å². The zero-order chi connectivity index (χ0) is 21.6. The van der Waals surface area contributed by atoms with Gasteiger partial charge in [0.1, 0.15) is 17.6 Å². The van der Waals surface area contributed by atoms with Crippen LogP contribution in [0.5, 0.6) is 0 Å². The number of imidazole rings is 1. The molecule has 2 aromatic heterocycles. The number of rotatable bonds is 4. The summed E-state index contributed by atoms with van der Waals surface area (Å²) in [6.45, 7) is 15.7. The molecule has 0 fully saturated rings. The first-order valence-corrected chi connectivity index (χ1v) is 11.0. The van der Waals surface area contributed by atoms with Gasteiger partial charge in [0.05, 0.1) is 0 Å². The Kier molecular flexibility index (Phi) is 6.62. The number of nitrogens with zero attached hydrogens (tertiary/aromatic N) is 2. The maximum absolute atomic E-state index is 2.34. The van der Waals surface area contributed by atoms with Crippen molar-refractivity contribution in [2.24, 2.45) is 0 Å². The largest absolute Gasteiger partial charge is 1.00 e. The maximum atomic E-state index is 2.34. The van der Waals surface area contributed by atoms with Crippen molar-refractivity contribution in [3.05, 3.63) is 88.9 Å². The summed E-state index contributed by atoms with van der Waals surface area (Å²) in [5.74, 6) is 0.936. The lowest BCUT2D eigenvalue weighted by atomic mass is 9.92. The minimum absolute atomic E-state index is 0. The summed E-state index contributed by atoms with van der Waals surface area (Å²) >= 11 is 0. The third-order valence-corrected chi connectivity index (χ3v) is 6.10. The third-order valence-electron chi connectivity index (χ3n) is 6.10. The van der Waals surface area contributed by atoms with Gasteiger partial charge in [-0.2, -0.15) is 4.40 Å². The lowest BCUT2D eigenvalue weighted by Crippen LogP contribution is -3.00. The zero-order valence-corrected chi connectivity index (χ0v) is 20.5. The first-order chi connectivity index (χ1) is 14.3. The Morgan fingerprint density at radius 2 is 1.32 bits per heavy atom. The van der Waals surface area contributed by atoms with Crippen molar-refractivity contribution in [1.29, 1.82) is 0 Å². The second-order valence-corrected chi connectivity index (χ2v) is 9.23. The summed E-state index contributed by atoms with van der Waals surface area (Å²) in [6, 6.07) is 17.9. The van der Waals surface area contributed by atoms with Crippen molar-refractivity contribution < 1.29 is 17.0 Å². The van der Waals surface area contributed by atoms with E-state index >= 15 is 0 Å². The second-order valence-electron chi connectivity index (χ2n) is 9.23. The van der Waals surface area contributed by atoms with Gasteiger partial charge < -0.3 is 12.4 Å². The maximum Gasteiger partial charge on any atom is 0.254 e. The van der Waals surface area contributed by atoms with Crippen LogP contribution in [0.1, 0.15) is 67.3 Å². The molecule has 0 aliphatic rings. The Morgan fingerprint density at radius 3 is 1.87 bits per heavy atom. The van der Waals surface area contributed by atoms with Crippen molar-refractivity contribution in [2.45, 2.75) is 60.3 Å². The van der Waals surface area contributed by atoms with Crippen LogP contribution in [0.2, 0.25) is 0 Å². The number of benzene rings is 2. The highest BCUT2D eigenvalue weighted by Gasteiger charge is 2.22. The molecular formula is C28H33ClN2. The Hall–Kier alpha value is -2.58. The van der Waals surface area contributed by atoms with E-state index in [1.807, 2.05) is 0 Å². The van der Waals surface area contributed by atoms with Crippen LogP contribution in [0.4, 0.5) is 0 Å². The molecule has 0 bridgehead atoms. The van der Waals surface area contributed by atoms with Crippen LogP contribution in [-0.2, 0) is 0 Å². The molecule has 0 aliphatic carbocycles. The third kappa shape index (κ3) is 4.14. The Labute approximate surface area is 193 Å². The molecule has 0 saturated carbocycles. The number of hydrogen-bond acceptors (Lipinski definition) is 0. The summed E-state index contributed by atoms with van der Waals surface area (Å²) < 4.78 is 4.67. The Morgan fingerprint density at radius 1 is 0.774 bits per heavy atom. The number of fused-ring (bicyclic) bond motifs is 1. The van der Waals surface area contributed by atoms with Gasteiger partial charge in [-0.1, -0.05) is 69.7 Å². The van der Waals surface area contributed by atoms with Crippen LogP contribution < -0.4 is 17.0 Å². The van der Waals surface area contributed by atoms with Gasteiger partial charge in [-0.15, -0.1) is 0 Å². The SMILES string of the molecule is Cc1cc(C)c(-c2cccc3c[n+](-c4c(C(C)C)cccc4C(C)C)cn23)c(C)c1.[Cl-]. The highest BCUT2D eigenvalue weighted by Crippen LogP contribution is 2.31. The quantitative estimate of drug-likeness (QED) is 0.430. The number of para-hydroxylation sites is 1. The molecule has 0 radical (unpaired) electrons. The average molecular weight is 433 g/mol. The van der Waals surface area contributed by atoms with Crippen molar-refractivity contribution >= 4 is 5.52 Å². The standard InChI is InChI=1S/C28H33N2.ClH/c1-18(2)24-11-9-12-25(19(3)4)28(24)29-16-23-10-8-13-26(30(23)17-29)27-21(6)14-20(5)15-22(27)7;/h8-19H,1-7H3;1H/q+1;/p-1. The van der Waals surface area contributed by atoms with Gasteiger partial charge in [-0.3, -0.25) is 0 Å². The summed E-state index contributed by atoms with van der Waals surface area (Å²) in [5.41, 5.74) is 11.9. The molecule has 3 heteroatoms. The number of hydrogen-bond donors (Lipinski definition) is 0. The molecule has 2 aromatic carbocycles. The molecule has 4 rings (SSSR count). The normalized spacial score (nSPS) is 11.4. The number of aryl methyl sites for hydroxylation is 3. The zero-order valence-electron chi connectivity index (χ0n) is 19.7. The summed E-state index contributed by atoms with van der Waals surface area (Å²) in [5, 5.41) is 0. The molecule has 0 spiro atoms. The van der Waals surface area contributed by atoms with Crippen LogP contribution >= 0.6 is 0 Å². The van der Waals surface area contributed by atoms with Crippen LogP contribution in [0, 0.1) is 20.8 Å². The number of pyridine rings is 1. The van der Waals surface area contributed by atoms with Gasteiger partial charge in [0.15, 0.2) is 5.52 Å². The molecular weight excluding hydrogens is 400 g/mol. The minimum atomic E-state index is 0. The smallest absolute Gasteiger partial charge is 0.254 e. The summed E-state index contributed by atoms with van der Waals surface area (Å²) in [6.07, 6.45) is 4.53. The van der Waals surface area contributed by atoms with Crippen LogP contribution in [-0.4, -0.2) is 4.40 Å². The summed E-state index contributed by atoms with van der Waals surface area (Å²) in [7, 11) is 0. The molecule has 0 atom stereocenters. The lowest BCUT2D eigenvalue weighted by molar-refractivity contribution is -0.595. The second kappa shape index (κ2) is 8.88. The molecule has 2 nitrogen and oxygen atoms in total. The van der Waals surface area contributed by atoms with E-state index < -0.39 is 0 Å². The molecule has 0 N–H and O–H groups in total. The molecule has 2 heterocycles. The van der Waals surface area contributed by atoms with E-state index in [0.29, 0.717) is 11.8 Å². The minimum Gasteiger partial charge on any atom is -1.00 e. The van der Waals surface area contributed by atoms with E-state index in [-0.39, 0.29) is 12.4 Å². The van der Waals surface area contributed by atoms with Gasteiger partial charge in [0, 0.05) is 16.7 Å². The fraction of sp³-hybridized carbons (Fsp3) is 0.321. The van der Waals surface area contributed by atoms with Crippen molar-refractivity contribution in [3.63, 3.8) is 0 Å². The van der Waals surface area contributed by atoms with Gasteiger partial charge in [-0.05, 0) is 55.9 Å². The van der Waals surface area contributed by atoms with Gasteiger partial charge in [-0.25, -0.2) is 4.57 Å². The van der Waals surface area contributed by atoms with E-state index in [2.05, 4.69) is 118 Å².